The molecule has 4 nitrogen and oxygen atoms in total. The van der Waals surface area contributed by atoms with Gasteiger partial charge in [0.1, 0.15) is 5.69 Å². The molecule has 3 heterocycles. The van der Waals surface area contributed by atoms with Gasteiger partial charge in [0.2, 0.25) is 0 Å². The molecule has 6 heteroatoms. The fourth-order valence-electron chi connectivity index (χ4n) is 1.55. The van der Waals surface area contributed by atoms with E-state index in [2.05, 4.69) is 31.0 Å². The number of hydrogen-bond acceptors (Lipinski definition) is 3. The molecule has 0 radical (unpaired) electrons. The highest BCUT2D eigenvalue weighted by Crippen LogP contribution is 2.23. The van der Waals surface area contributed by atoms with E-state index in [9.17, 15) is 0 Å². The molecule has 0 N–H and O–H groups in total. The molecule has 0 bridgehead atoms. The van der Waals surface area contributed by atoms with E-state index >= 15 is 0 Å². The number of halogens is 2. The summed E-state index contributed by atoms with van der Waals surface area (Å²) >= 11 is 9.28. The molecule has 0 spiro atoms. The van der Waals surface area contributed by atoms with Gasteiger partial charge in [0.25, 0.3) is 0 Å². The topological polar surface area (TPSA) is 43.1 Å². The first-order valence-corrected chi connectivity index (χ1v) is 6.04. The van der Waals surface area contributed by atoms with Crippen molar-refractivity contribution in [2.45, 2.75) is 0 Å². The predicted molar refractivity (Wildman–Crippen MR) is 68.9 cm³/mol. The first kappa shape index (κ1) is 10.7. The van der Waals surface area contributed by atoms with E-state index in [1.807, 2.05) is 18.2 Å². The Morgan fingerprint density at radius 3 is 2.88 bits per heavy atom. The number of pyridine rings is 1. The van der Waals surface area contributed by atoms with Crippen molar-refractivity contribution in [1.82, 2.24) is 19.6 Å². The molecule has 0 fully saturated rings. The van der Waals surface area contributed by atoms with Gasteiger partial charge in [-0.1, -0.05) is 17.7 Å². The lowest BCUT2D eigenvalue weighted by Gasteiger charge is -1.94. The van der Waals surface area contributed by atoms with Gasteiger partial charge in [0.05, 0.1) is 16.4 Å². The van der Waals surface area contributed by atoms with Crippen LogP contribution in [-0.2, 0) is 0 Å². The third-order valence-corrected chi connectivity index (χ3v) is 3.05. The summed E-state index contributed by atoms with van der Waals surface area (Å²) in [6, 6.07) is 7.40. The predicted octanol–water partition coefficient (Wildman–Crippen LogP) is 3.21. The average molecular weight is 310 g/mol. The number of nitrogens with zero attached hydrogens (tertiary/aromatic N) is 4. The van der Waals surface area contributed by atoms with Crippen molar-refractivity contribution in [3.8, 4) is 11.4 Å². The Labute approximate surface area is 110 Å². The molecule has 0 aromatic carbocycles. The zero-order chi connectivity index (χ0) is 11.8. The van der Waals surface area contributed by atoms with Crippen molar-refractivity contribution in [3.05, 3.63) is 46.3 Å². The maximum absolute atomic E-state index is 5.87. The first-order chi connectivity index (χ1) is 8.24. The van der Waals surface area contributed by atoms with Gasteiger partial charge in [-0.3, -0.25) is 4.98 Å². The van der Waals surface area contributed by atoms with Crippen molar-refractivity contribution in [2.24, 2.45) is 0 Å². The van der Waals surface area contributed by atoms with Crippen molar-refractivity contribution >= 4 is 33.2 Å². The van der Waals surface area contributed by atoms with Crippen LogP contribution >= 0.6 is 27.5 Å². The van der Waals surface area contributed by atoms with Gasteiger partial charge in [0.15, 0.2) is 10.8 Å². The molecule has 0 atom stereocenters. The lowest BCUT2D eigenvalue weighted by atomic mass is 10.3. The normalized spacial score (nSPS) is 10.9. The number of rotatable bonds is 1. The fraction of sp³-hybridized carbons (Fsp3) is 0. The number of imidazole rings is 1. The fourth-order valence-corrected chi connectivity index (χ4v) is 2.36. The highest BCUT2D eigenvalue weighted by atomic mass is 79.9. The second-order valence-electron chi connectivity index (χ2n) is 3.42. The van der Waals surface area contributed by atoms with E-state index in [1.165, 1.54) is 0 Å². The van der Waals surface area contributed by atoms with Crippen molar-refractivity contribution in [2.75, 3.05) is 0 Å². The highest BCUT2D eigenvalue weighted by molar-refractivity contribution is 9.10. The minimum absolute atomic E-state index is 0.411. The van der Waals surface area contributed by atoms with E-state index in [0.717, 1.165) is 21.5 Å². The molecule has 0 unspecified atom stereocenters. The van der Waals surface area contributed by atoms with Gasteiger partial charge in [-0.05, 0) is 34.1 Å². The Morgan fingerprint density at radius 2 is 2.12 bits per heavy atom. The Balaban J connectivity index is 2.24. The summed E-state index contributed by atoms with van der Waals surface area (Å²) in [5.41, 5.74) is 2.29. The maximum Gasteiger partial charge on any atom is 0.168 e. The van der Waals surface area contributed by atoms with Crippen LogP contribution in [0.25, 0.3) is 17.0 Å². The summed E-state index contributed by atoms with van der Waals surface area (Å²) in [5, 5.41) is 4.56. The second kappa shape index (κ2) is 4.09. The third-order valence-electron chi connectivity index (χ3n) is 2.28. The van der Waals surface area contributed by atoms with E-state index in [1.54, 1.807) is 23.0 Å². The summed E-state index contributed by atoms with van der Waals surface area (Å²) in [6.07, 6.45) is 3.53. The Morgan fingerprint density at radius 1 is 1.24 bits per heavy atom. The van der Waals surface area contributed by atoms with E-state index in [0.29, 0.717) is 5.15 Å². The summed E-state index contributed by atoms with van der Waals surface area (Å²) < 4.78 is 2.44. The van der Waals surface area contributed by atoms with E-state index in [4.69, 9.17) is 11.6 Å². The quantitative estimate of drug-likeness (QED) is 0.693. The number of fused-ring (bicyclic) bond motifs is 1. The summed E-state index contributed by atoms with van der Waals surface area (Å²) in [5.74, 6) is 0. The summed E-state index contributed by atoms with van der Waals surface area (Å²) in [7, 11) is 0. The number of aromatic nitrogens is 4. The Kier molecular flexibility index (Phi) is 2.57. The van der Waals surface area contributed by atoms with Gasteiger partial charge in [-0.15, -0.1) is 0 Å². The van der Waals surface area contributed by atoms with Crippen LogP contribution in [0.3, 0.4) is 0 Å². The zero-order valence-corrected chi connectivity index (χ0v) is 10.9. The molecule has 3 rings (SSSR count). The van der Waals surface area contributed by atoms with Crippen molar-refractivity contribution in [3.63, 3.8) is 0 Å². The van der Waals surface area contributed by atoms with E-state index in [-0.39, 0.29) is 0 Å². The van der Waals surface area contributed by atoms with Crippen LogP contribution in [0.15, 0.2) is 41.1 Å². The molecule has 0 aliphatic rings. The smallest absolute Gasteiger partial charge is 0.168 e. The molecule has 3 aromatic heterocycles. The van der Waals surface area contributed by atoms with Gasteiger partial charge in [0, 0.05) is 6.20 Å². The summed E-state index contributed by atoms with van der Waals surface area (Å²) in [6.45, 7) is 0. The van der Waals surface area contributed by atoms with Crippen LogP contribution in [0.2, 0.25) is 5.15 Å². The standard InChI is InChI=1S/C11H6BrClN4/c12-7-5-10(13)16-17-6-9(15-11(7)17)8-3-1-2-4-14-8/h1-6H. The Bertz CT molecular complexity index is 681. The first-order valence-electron chi connectivity index (χ1n) is 4.87. The molecule has 0 aliphatic carbocycles. The van der Waals surface area contributed by atoms with Crippen LogP contribution in [0, 0.1) is 0 Å². The van der Waals surface area contributed by atoms with Crippen LogP contribution in [-0.4, -0.2) is 19.6 Å². The lowest BCUT2D eigenvalue weighted by Crippen LogP contribution is -1.90. The Hall–Kier alpha value is -1.46. The molecule has 0 aliphatic heterocycles. The molecule has 0 saturated heterocycles. The molecular weight excluding hydrogens is 304 g/mol. The van der Waals surface area contributed by atoms with Gasteiger partial charge < -0.3 is 0 Å². The molecule has 0 amide bonds. The minimum atomic E-state index is 0.411. The summed E-state index contributed by atoms with van der Waals surface area (Å²) in [4.78, 5) is 8.70. The highest BCUT2D eigenvalue weighted by Gasteiger charge is 2.09. The van der Waals surface area contributed by atoms with Crippen molar-refractivity contribution < 1.29 is 0 Å². The average Bonchev–Trinajstić information content (AvgIpc) is 2.74. The monoisotopic (exact) mass is 308 g/mol. The van der Waals surface area contributed by atoms with Gasteiger partial charge >= 0.3 is 0 Å². The van der Waals surface area contributed by atoms with Crippen LogP contribution in [0.1, 0.15) is 0 Å². The van der Waals surface area contributed by atoms with Gasteiger partial charge in [-0.2, -0.15) is 5.10 Å². The van der Waals surface area contributed by atoms with Crippen LogP contribution < -0.4 is 0 Å². The van der Waals surface area contributed by atoms with Crippen molar-refractivity contribution in [1.29, 1.82) is 0 Å². The molecule has 84 valence electrons. The minimum Gasteiger partial charge on any atom is -0.255 e. The molecule has 0 saturated carbocycles. The lowest BCUT2D eigenvalue weighted by molar-refractivity contribution is 0.932. The SMILES string of the molecule is Clc1cc(Br)c2nc(-c3ccccn3)cn2n1. The second-order valence-corrected chi connectivity index (χ2v) is 4.67. The van der Waals surface area contributed by atoms with E-state index < -0.39 is 0 Å². The third kappa shape index (κ3) is 1.92. The van der Waals surface area contributed by atoms with Gasteiger partial charge in [-0.25, -0.2) is 9.50 Å². The van der Waals surface area contributed by atoms with Crippen LogP contribution in [0.5, 0.6) is 0 Å². The molecule has 3 aromatic rings. The largest absolute Gasteiger partial charge is 0.255 e. The number of hydrogen-bond donors (Lipinski definition) is 0. The van der Waals surface area contributed by atoms with Crippen LogP contribution in [0.4, 0.5) is 0 Å². The maximum atomic E-state index is 5.87. The zero-order valence-electron chi connectivity index (χ0n) is 8.51. The molecule has 17 heavy (non-hydrogen) atoms. The molecular formula is C11H6BrClN4.